The van der Waals surface area contributed by atoms with Crippen molar-refractivity contribution in [2.24, 2.45) is 5.92 Å². The molecule has 0 amide bonds. The molecule has 0 bridgehead atoms. The molecule has 18 heavy (non-hydrogen) atoms. The van der Waals surface area contributed by atoms with Gasteiger partial charge in [0, 0.05) is 25.2 Å². The number of piperazine rings is 1. The van der Waals surface area contributed by atoms with Crippen LogP contribution in [0.2, 0.25) is 0 Å². The molecule has 2 fully saturated rings. The second kappa shape index (κ2) is 5.41. The van der Waals surface area contributed by atoms with E-state index in [0.29, 0.717) is 6.04 Å². The Labute approximate surface area is 110 Å². The lowest BCUT2D eigenvalue weighted by Crippen LogP contribution is -2.53. The fraction of sp³-hybridized carbons (Fsp3) is 0.625. The van der Waals surface area contributed by atoms with Gasteiger partial charge in [0.1, 0.15) is 0 Å². The molecule has 98 valence electrons. The molecule has 1 saturated carbocycles. The van der Waals surface area contributed by atoms with Gasteiger partial charge in [0.15, 0.2) is 0 Å². The van der Waals surface area contributed by atoms with Gasteiger partial charge in [0.25, 0.3) is 0 Å². The summed E-state index contributed by atoms with van der Waals surface area (Å²) in [4.78, 5) is 2.73. The minimum absolute atomic E-state index is 0.521. The van der Waals surface area contributed by atoms with Gasteiger partial charge in [-0.05, 0) is 37.3 Å². The smallest absolute Gasteiger partial charge is 0.0449 e. The molecule has 3 rings (SSSR count). The highest BCUT2D eigenvalue weighted by Crippen LogP contribution is 2.37. The van der Waals surface area contributed by atoms with E-state index in [-0.39, 0.29) is 0 Å². The van der Waals surface area contributed by atoms with Crippen molar-refractivity contribution in [3.05, 3.63) is 35.9 Å². The van der Waals surface area contributed by atoms with Gasteiger partial charge in [-0.2, -0.15) is 0 Å². The third kappa shape index (κ3) is 2.60. The molecule has 1 saturated heterocycles. The van der Waals surface area contributed by atoms with Crippen LogP contribution in [-0.4, -0.2) is 30.6 Å². The molecular weight excluding hydrogens is 220 g/mol. The van der Waals surface area contributed by atoms with Crippen molar-refractivity contribution in [1.82, 2.24) is 10.2 Å². The molecule has 1 aromatic carbocycles. The maximum atomic E-state index is 3.75. The van der Waals surface area contributed by atoms with Crippen LogP contribution in [0.3, 0.4) is 0 Å². The van der Waals surface area contributed by atoms with Gasteiger partial charge in [0.2, 0.25) is 0 Å². The molecular formula is C16H24N2. The Morgan fingerprint density at radius 2 is 2.00 bits per heavy atom. The van der Waals surface area contributed by atoms with E-state index in [0.717, 1.165) is 12.0 Å². The molecule has 2 nitrogen and oxygen atoms in total. The second-order valence-corrected chi connectivity index (χ2v) is 5.77. The monoisotopic (exact) mass is 244 g/mol. The van der Waals surface area contributed by atoms with E-state index in [1.807, 2.05) is 0 Å². The summed E-state index contributed by atoms with van der Waals surface area (Å²) < 4.78 is 0. The Hall–Kier alpha value is -0.860. The molecule has 0 spiro atoms. The highest BCUT2D eigenvalue weighted by atomic mass is 15.2. The molecule has 2 atom stereocenters. The highest BCUT2D eigenvalue weighted by Gasteiger charge is 2.38. The van der Waals surface area contributed by atoms with E-state index in [9.17, 15) is 0 Å². The fourth-order valence-electron chi connectivity index (χ4n) is 3.23. The van der Waals surface area contributed by atoms with Crippen LogP contribution in [-0.2, 0) is 0 Å². The van der Waals surface area contributed by atoms with Gasteiger partial charge in [0.05, 0.1) is 0 Å². The molecule has 1 heterocycles. The van der Waals surface area contributed by atoms with Gasteiger partial charge in [-0.15, -0.1) is 0 Å². The molecule has 1 aliphatic heterocycles. The van der Waals surface area contributed by atoms with Crippen LogP contribution >= 0.6 is 0 Å². The summed E-state index contributed by atoms with van der Waals surface area (Å²) in [7, 11) is 0. The van der Waals surface area contributed by atoms with Crippen molar-refractivity contribution in [2.75, 3.05) is 19.6 Å². The molecule has 2 aliphatic rings. The van der Waals surface area contributed by atoms with Crippen LogP contribution in [0.5, 0.6) is 0 Å². The van der Waals surface area contributed by atoms with Gasteiger partial charge in [-0.3, -0.25) is 4.90 Å². The summed E-state index contributed by atoms with van der Waals surface area (Å²) in [5.41, 5.74) is 1.44. The van der Waals surface area contributed by atoms with E-state index in [4.69, 9.17) is 0 Å². The summed E-state index contributed by atoms with van der Waals surface area (Å²) in [6.07, 6.45) is 4.16. The maximum absolute atomic E-state index is 3.75. The zero-order chi connectivity index (χ0) is 12.4. The normalized spacial score (nSPS) is 29.4. The summed E-state index contributed by atoms with van der Waals surface area (Å²) in [5, 5.41) is 3.75. The van der Waals surface area contributed by atoms with E-state index in [1.165, 1.54) is 44.5 Å². The highest BCUT2D eigenvalue weighted by molar-refractivity contribution is 5.20. The quantitative estimate of drug-likeness (QED) is 0.876. The maximum Gasteiger partial charge on any atom is 0.0449 e. The van der Waals surface area contributed by atoms with Crippen molar-refractivity contribution in [2.45, 2.75) is 38.3 Å². The molecule has 2 heteroatoms. The zero-order valence-electron chi connectivity index (χ0n) is 11.3. The Bertz CT molecular complexity index is 372. The van der Waals surface area contributed by atoms with E-state index in [2.05, 4.69) is 47.5 Å². The number of nitrogens with one attached hydrogen (secondary N) is 1. The molecule has 1 aromatic rings. The lowest BCUT2D eigenvalue weighted by Gasteiger charge is -2.41. The van der Waals surface area contributed by atoms with Gasteiger partial charge in [-0.25, -0.2) is 0 Å². The van der Waals surface area contributed by atoms with Crippen LogP contribution < -0.4 is 5.32 Å². The first-order valence-corrected chi connectivity index (χ1v) is 7.41. The lowest BCUT2D eigenvalue weighted by atomic mass is 9.99. The van der Waals surface area contributed by atoms with Crippen LogP contribution in [0.1, 0.15) is 37.8 Å². The minimum atomic E-state index is 0.521. The van der Waals surface area contributed by atoms with E-state index in [1.54, 1.807) is 0 Å². The van der Waals surface area contributed by atoms with E-state index < -0.39 is 0 Å². The Morgan fingerprint density at radius 1 is 1.22 bits per heavy atom. The molecule has 0 aromatic heterocycles. The predicted octanol–water partition coefficient (Wildman–Crippen LogP) is 2.82. The van der Waals surface area contributed by atoms with Crippen LogP contribution in [0.4, 0.5) is 0 Å². The first kappa shape index (κ1) is 12.2. The average molecular weight is 244 g/mol. The third-order valence-electron chi connectivity index (χ3n) is 4.34. The summed E-state index contributed by atoms with van der Waals surface area (Å²) in [6, 6.07) is 12.2. The topological polar surface area (TPSA) is 15.3 Å². The summed E-state index contributed by atoms with van der Waals surface area (Å²) in [5.74, 6) is 0.973. The number of hydrogen-bond acceptors (Lipinski definition) is 2. The number of hydrogen-bond donors (Lipinski definition) is 1. The van der Waals surface area contributed by atoms with Crippen LogP contribution in [0.15, 0.2) is 30.3 Å². The molecule has 2 unspecified atom stereocenters. The van der Waals surface area contributed by atoms with Gasteiger partial charge in [-0.1, -0.05) is 37.3 Å². The summed E-state index contributed by atoms with van der Waals surface area (Å²) >= 11 is 0. The van der Waals surface area contributed by atoms with Crippen LogP contribution in [0.25, 0.3) is 0 Å². The number of nitrogens with zero attached hydrogens (tertiary/aromatic N) is 1. The van der Waals surface area contributed by atoms with Crippen molar-refractivity contribution < 1.29 is 0 Å². The molecule has 1 N–H and O–H groups in total. The Balaban J connectivity index is 1.69. The number of benzene rings is 1. The molecule has 0 radical (unpaired) electrons. The first-order valence-electron chi connectivity index (χ1n) is 7.41. The largest absolute Gasteiger partial charge is 0.307 e. The van der Waals surface area contributed by atoms with Gasteiger partial charge >= 0.3 is 0 Å². The first-order chi connectivity index (χ1) is 8.88. The Kier molecular flexibility index (Phi) is 3.67. The fourth-order valence-corrected chi connectivity index (χ4v) is 3.23. The third-order valence-corrected chi connectivity index (χ3v) is 4.34. The second-order valence-electron chi connectivity index (χ2n) is 5.77. The van der Waals surface area contributed by atoms with Gasteiger partial charge < -0.3 is 5.32 Å². The van der Waals surface area contributed by atoms with Crippen molar-refractivity contribution in [1.29, 1.82) is 0 Å². The zero-order valence-corrected chi connectivity index (χ0v) is 11.3. The standard InChI is InChI=1S/C16H24N2/c1-2-10-18-12-15(13-6-4-3-5-7-13)17-11-16(18)14-8-9-14/h3-7,14-17H,2,8-12H2,1H3. The van der Waals surface area contributed by atoms with Crippen molar-refractivity contribution in [3.63, 3.8) is 0 Å². The molecule has 1 aliphatic carbocycles. The SMILES string of the molecule is CCCN1CC(c2ccccc2)NCC1C1CC1. The lowest BCUT2D eigenvalue weighted by molar-refractivity contribution is 0.115. The summed E-state index contributed by atoms with van der Waals surface area (Å²) in [6.45, 7) is 5.90. The predicted molar refractivity (Wildman–Crippen MR) is 75.6 cm³/mol. The van der Waals surface area contributed by atoms with Crippen molar-refractivity contribution >= 4 is 0 Å². The van der Waals surface area contributed by atoms with Crippen molar-refractivity contribution in [3.8, 4) is 0 Å². The van der Waals surface area contributed by atoms with E-state index >= 15 is 0 Å². The average Bonchev–Trinajstić information content (AvgIpc) is 3.24. The number of rotatable bonds is 4. The minimum Gasteiger partial charge on any atom is -0.307 e. The Morgan fingerprint density at radius 3 is 2.67 bits per heavy atom. The van der Waals surface area contributed by atoms with Crippen LogP contribution in [0, 0.1) is 5.92 Å².